The van der Waals surface area contributed by atoms with Crippen LogP contribution in [-0.2, 0) is 23.8 Å². The first-order valence-electron chi connectivity index (χ1n) is 37.6. The summed E-state index contributed by atoms with van der Waals surface area (Å²) in [5.74, 6) is -0.187. The van der Waals surface area contributed by atoms with Gasteiger partial charge >= 0.3 is 5.97 Å². The Morgan fingerprint density at radius 1 is 0.420 bits per heavy atom. The molecule has 0 spiro atoms. The molecule has 1 saturated heterocycles. The van der Waals surface area contributed by atoms with Crippen molar-refractivity contribution in [1.82, 2.24) is 5.32 Å². The third-order valence-corrected chi connectivity index (χ3v) is 17.6. The smallest absolute Gasteiger partial charge is 0.305 e. The molecule has 1 heterocycles. The molecule has 7 atom stereocenters. The van der Waals surface area contributed by atoms with Crippen LogP contribution in [-0.4, -0.2) is 100 Å². The van der Waals surface area contributed by atoms with Gasteiger partial charge in [-0.25, -0.2) is 0 Å². The van der Waals surface area contributed by atoms with E-state index in [1.165, 1.54) is 263 Å². The number of unbranched alkanes of at least 4 members (excludes halogenated alkanes) is 44. The highest BCUT2D eigenvalue weighted by Crippen LogP contribution is 2.23. The van der Waals surface area contributed by atoms with E-state index in [-0.39, 0.29) is 18.5 Å². The van der Waals surface area contributed by atoms with E-state index in [1.807, 2.05) is 6.08 Å². The minimum Gasteiger partial charge on any atom is -0.466 e. The monoisotopic (exact) mass is 1240 g/mol. The van der Waals surface area contributed by atoms with Gasteiger partial charge in [-0.15, -0.1) is 0 Å². The van der Waals surface area contributed by atoms with E-state index in [1.54, 1.807) is 6.08 Å². The molecule has 0 aromatic heterocycles. The van der Waals surface area contributed by atoms with Gasteiger partial charge in [0.1, 0.15) is 24.4 Å². The molecule has 0 radical (unpaired) electrons. The predicted molar refractivity (Wildman–Crippen MR) is 370 cm³/mol. The highest BCUT2D eigenvalue weighted by atomic mass is 16.7. The summed E-state index contributed by atoms with van der Waals surface area (Å²) in [7, 11) is 0. The number of esters is 1. The summed E-state index contributed by atoms with van der Waals surface area (Å²) in [5, 5.41) is 54.4. The SMILES string of the molecule is CCCCC/C=C\CCCCCCCC(=O)OCCCCCCCCCCCCCCC/C=C\C/C=C\CCCCCCCCCCCCCCCCCCCC(=O)NC(COC1OC(CO)C(O)C(O)C1O)C(O)/C=C/CC/C=C/CCCCCCC. The zero-order valence-corrected chi connectivity index (χ0v) is 57.2. The van der Waals surface area contributed by atoms with Gasteiger partial charge in [0, 0.05) is 12.8 Å². The number of rotatable bonds is 66. The van der Waals surface area contributed by atoms with Crippen LogP contribution < -0.4 is 5.32 Å². The van der Waals surface area contributed by atoms with Gasteiger partial charge < -0.3 is 45.1 Å². The van der Waals surface area contributed by atoms with E-state index in [0.717, 1.165) is 64.2 Å². The standard InChI is InChI=1S/C77H141NO10/c1-3-5-7-9-11-13-15-45-49-53-57-61-65-73(82)86-66-62-58-54-50-46-42-40-38-36-34-32-30-28-26-24-22-20-18-16-17-19-21-23-25-27-29-31-33-35-37-39-41-44-48-52-56-60-64-72(81)78-69(68-87-77-76(85)75(84)74(83)71(67-79)88-77)70(80)63-59-55-51-47-43-14-12-10-8-6-4-2/h11,13,16,18,22,24,43,47,59,63,69-71,74-77,79-80,83-85H,3-10,12,14-15,17,19-21,23,25-42,44-46,48-58,60-62,64-68H2,1-2H3,(H,78,81)/b13-11-,18-16-,24-22-,47-43+,63-59+. The van der Waals surface area contributed by atoms with Crippen molar-refractivity contribution in [2.45, 2.75) is 397 Å². The first kappa shape index (κ1) is 83.4. The maximum absolute atomic E-state index is 13.0. The molecule has 1 amide bonds. The molecule has 0 aliphatic carbocycles. The third-order valence-electron chi connectivity index (χ3n) is 17.6. The molecule has 1 aliphatic heterocycles. The fourth-order valence-electron chi connectivity index (χ4n) is 11.7. The van der Waals surface area contributed by atoms with Gasteiger partial charge in [-0.3, -0.25) is 9.59 Å². The number of allylic oxidation sites excluding steroid dienone is 9. The summed E-state index contributed by atoms with van der Waals surface area (Å²) in [6.07, 6.45) is 78.2. The van der Waals surface area contributed by atoms with Crippen LogP contribution in [0.25, 0.3) is 0 Å². The quantitative estimate of drug-likeness (QED) is 0.0195. The minimum absolute atomic E-state index is 0.00214. The van der Waals surface area contributed by atoms with Crippen molar-refractivity contribution in [2.75, 3.05) is 19.8 Å². The summed E-state index contributed by atoms with van der Waals surface area (Å²) >= 11 is 0. The van der Waals surface area contributed by atoms with Gasteiger partial charge in [-0.2, -0.15) is 0 Å². The minimum atomic E-state index is -1.58. The predicted octanol–water partition coefficient (Wildman–Crippen LogP) is 19.7. The van der Waals surface area contributed by atoms with Crippen molar-refractivity contribution < 1.29 is 49.3 Å². The average Bonchev–Trinajstić information content (AvgIpc) is 3.73. The second kappa shape index (κ2) is 65.8. The molecule has 7 unspecified atom stereocenters. The molecule has 1 fully saturated rings. The lowest BCUT2D eigenvalue weighted by atomic mass is 9.99. The van der Waals surface area contributed by atoms with Gasteiger partial charge in [-0.1, -0.05) is 299 Å². The fourth-order valence-corrected chi connectivity index (χ4v) is 11.7. The summed E-state index contributed by atoms with van der Waals surface area (Å²) in [5.41, 5.74) is 0. The lowest BCUT2D eigenvalue weighted by molar-refractivity contribution is -0.302. The lowest BCUT2D eigenvalue weighted by Gasteiger charge is -2.40. The zero-order chi connectivity index (χ0) is 63.7. The Hall–Kier alpha value is -2.64. The summed E-state index contributed by atoms with van der Waals surface area (Å²) in [6, 6.07) is -0.826. The van der Waals surface area contributed by atoms with E-state index in [9.17, 15) is 35.1 Å². The molecule has 11 heteroatoms. The number of amides is 1. The maximum Gasteiger partial charge on any atom is 0.305 e. The van der Waals surface area contributed by atoms with Gasteiger partial charge in [0.15, 0.2) is 6.29 Å². The van der Waals surface area contributed by atoms with E-state index < -0.39 is 49.5 Å². The lowest BCUT2D eigenvalue weighted by Crippen LogP contribution is -2.60. The highest BCUT2D eigenvalue weighted by molar-refractivity contribution is 5.76. The molecule has 514 valence electrons. The Morgan fingerprint density at radius 2 is 0.773 bits per heavy atom. The van der Waals surface area contributed by atoms with E-state index in [0.29, 0.717) is 19.4 Å². The number of carbonyl (C=O) groups excluding carboxylic acids is 2. The normalized spacial score (nSPS) is 18.1. The molecule has 0 aromatic rings. The number of ether oxygens (including phenoxy) is 3. The van der Waals surface area contributed by atoms with Crippen molar-refractivity contribution in [3.63, 3.8) is 0 Å². The van der Waals surface area contributed by atoms with Crippen LogP contribution in [0.3, 0.4) is 0 Å². The van der Waals surface area contributed by atoms with Crippen molar-refractivity contribution in [1.29, 1.82) is 0 Å². The first-order chi connectivity index (χ1) is 43.2. The second-order valence-electron chi connectivity index (χ2n) is 26.0. The molecule has 88 heavy (non-hydrogen) atoms. The molecular formula is C77H141NO10. The Bertz CT molecular complexity index is 1650. The van der Waals surface area contributed by atoms with Crippen LogP contribution >= 0.6 is 0 Å². The number of aliphatic hydroxyl groups excluding tert-OH is 5. The Kier molecular flexibility index (Phi) is 62.4. The largest absolute Gasteiger partial charge is 0.466 e. The first-order valence-corrected chi connectivity index (χ1v) is 37.6. The van der Waals surface area contributed by atoms with Crippen molar-refractivity contribution in [2.24, 2.45) is 0 Å². The number of carbonyl (C=O) groups is 2. The van der Waals surface area contributed by atoms with E-state index >= 15 is 0 Å². The molecule has 11 nitrogen and oxygen atoms in total. The van der Waals surface area contributed by atoms with Crippen LogP contribution in [0.1, 0.15) is 354 Å². The maximum atomic E-state index is 13.0. The molecule has 0 aromatic carbocycles. The molecule has 1 rings (SSSR count). The molecule has 1 aliphatic rings. The molecule has 0 saturated carbocycles. The number of aliphatic hydroxyl groups is 5. The van der Waals surface area contributed by atoms with Gasteiger partial charge in [0.05, 0.1) is 32.0 Å². The van der Waals surface area contributed by atoms with Crippen LogP contribution in [0.15, 0.2) is 60.8 Å². The second-order valence-corrected chi connectivity index (χ2v) is 26.0. The van der Waals surface area contributed by atoms with Crippen LogP contribution in [0.2, 0.25) is 0 Å². The van der Waals surface area contributed by atoms with Crippen molar-refractivity contribution in [3.05, 3.63) is 60.8 Å². The van der Waals surface area contributed by atoms with Crippen molar-refractivity contribution >= 4 is 11.9 Å². The van der Waals surface area contributed by atoms with Crippen LogP contribution in [0, 0.1) is 0 Å². The van der Waals surface area contributed by atoms with Crippen LogP contribution in [0.4, 0.5) is 0 Å². The third kappa shape index (κ3) is 54.0. The van der Waals surface area contributed by atoms with Gasteiger partial charge in [0.2, 0.25) is 5.91 Å². The number of hydrogen-bond acceptors (Lipinski definition) is 10. The van der Waals surface area contributed by atoms with Gasteiger partial charge in [-0.05, 0) is 103 Å². The molecular weight excluding hydrogens is 1100 g/mol. The summed E-state index contributed by atoms with van der Waals surface area (Å²) in [6.45, 7) is 4.31. The average molecular weight is 1240 g/mol. The van der Waals surface area contributed by atoms with Gasteiger partial charge in [0.25, 0.3) is 0 Å². The van der Waals surface area contributed by atoms with Crippen LogP contribution in [0.5, 0.6) is 0 Å². The highest BCUT2D eigenvalue weighted by Gasteiger charge is 2.44. The topological polar surface area (TPSA) is 175 Å². The molecule has 0 bridgehead atoms. The Balaban J connectivity index is 1.92. The fraction of sp³-hybridized carbons (Fsp3) is 0.844. The zero-order valence-electron chi connectivity index (χ0n) is 57.2. The van der Waals surface area contributed by atoms with E-state index in [2.05, 4.69) is 67.8 Å². The Labute approximate surface area is 541 Å². The van der Waals surface area contributed by atoms with E-state index in [4.69, 9.17) is 14.2 Å². The summed E-state index contributed by atoms with van der Waals surface area (Å²) < 4.78 is 16.7. The number of nitrogens with one attached hydrogen (secondary N) is 1. The van der Waals surface area contributed by atoms with Crippen molar-refractivity contribution in [3.8, 4) is 0 Å². The molecule has 6 N–H and O–H groups in total. The number of hydrogen-bond donors (Lipinski definition) is 6. The summed E-state index contributed by atoms with van der Waals surface area (Å²) in [4.78, 5) is 25.1. The Morgan fingerprint density at radius 3 is 1.22 bits per heavy atom.